The molecular formula is C16H27N5O4S. The van der Waals surface area contributed by atoms with Gasteiger partial charge in [-0.25, -0.2) is 17.5 Å². The van der Waals surface area contributed by atoms with Crippen LogP contribution in [0.5, 0.6) is 0 Å². The number of aromatic nitrogens is 2. The standard InChI is InChI=1S/C16H27N5O4S/c1-3-26(23,24)21-10-6-14(7-11-21)18-16(22)20-8-4-13(5-9-20)15-17-12(2)19-25-15/h13-14H,3-11H2,1-2H3,(H,18,22). The molecule has 2 aliphatic rings. The summed E-state index contributed by atoms with van der Waals surface area (Å²) in [4.78, 5) is 18.6. The van der Waals surface area contributed by atoms with Gasteiger partial charge in [-0.1, -0.05) is 5.16 Å². The first-order valence-electron chi connectivity index (χ1n) is 9.22. The Morgan fingerprint density at radius 3 is 2.38 bits per heavy atom. The lowest BCUT2D eigenvalue weighted by Crippen LogP contribution is -2.51. The predicted octanol–water partition coefficient (Wildman–Crippen LogP) is 1.08. The third kappa shape index (κ3) is 4.35. The van der Waals surface area contributed by atoms with Gasteiger partial charge in [-0.3, -0.25) is 0 Å². The fourth-order valence-corrected chi connectivity index (χ4v) is 4.67. The zero-order valence-corrected chi connectivity index (χ0v) is 16.2. The maximum atomic E-state index is 12.5. The van der Waals surface area contributed by atoms with Crippen LogP contribution in [-0.2, 0) is 10.0 Å². The van der Waals surface area contributed by atoms with Gasteiger partial charge in [-0.15, -0.1) is 0 Å². The van der Waals surface area contributed by atoms with Crippen molar-refractivity contribution in [2.24, 2.45) is 0 Å². The number of carbonyl (C=O) groups is 1. The molecule has 26 heavy (non-hydrogen) atoms. The van der Waals surface area contributed by atoms with Crippen molar-refractivity contribution in [1.29, 1.82) is 0 Å². The quantitative estimate of drug-likeness (QED) is 0.831. The van der Waals surface area contributed by atoms with Crippen molar-refractivity contribution in [3.05, 3.63) is 11.7 Å². The third-order valence-corrected chi connectivity index (χ3v) is 7.10. The van der Waals surface area contributed by atoms with E-state index in [0.717, 1.165) is 12.8 Å². The molecule has 3 rings (SSSR count). The number of sulfonamides is 1. The fraction of sp³-hybridized carbons (Fsp3) is 0.812. The van der Waals surface area contributed by atoms with Crippen LogP contribution in [0.3, 0.4) is 0 Å². The van der Waals surface area contributed by atoms with Gasteiger partial charge >= 0.3 is 6.03 Å². The van der Waals surface area contributed by atoms with Crippen LogP contribution in [0.1, 0.15) is 50.2 Å². The first kappa shape index (κ1) is 19.1. The van der Waals surface area contributed by atoms with Crippen LogP contribution in [-0.4, -0.2) is 71.8 Å². The van der Waals surface area contributed by atoms with E-state index in [-0.39, 0.29) is 23.7 Å². The summed E-state index contributed by atoms with van der Waals surface area (Å²) in [6.07, 6.45) is 2.93. The molecule has 0 aliphatic carbocycles. The van der Waals surface area contributed by atoms with E-state index in [9.17, 15) is 13.2 Å². The van der Waals surface area contributed by atoms with Gasteiger partial charge in [0.2, 0.25) is 15.9 Å². The van der Waals surface area contributed by atoms with Crippen molar-refractivity contribution in [2.75, 3.05) is 31.9 Å². The number of amides is 2. The molecule has 1 N–H and O–H groups in total. The van der Waals surface area contributed by atoms with Gasteiger partial charge < -0.3 is 14.7 Å². The molecule has 0 radical (unpaired) electrons. The minimum absolute atomic E-state index is 0.0297. The molecule has 146 valence electrons. The highest BCUT2D eigenvalue weighted by Crippen LogP contribution is 2.26. The number of urea groups is 1. The third-order valence-electron chi connectivity index (χ3n) is 5.21. The maximum absolute atomic E-state index is 12.5. The number of rotatable bonds is 4. The lowest BCUT2D eigenvalue weighted by atomic mass is 9.97. The number of nitrogens with one attached hydrogen (secondary N) is 1. The van der Waals surface area contributed by atoms with Crippen molar-refractivity contribution in [3.63, 3.8) is 0 Å². The van der Waals surface area contributed by atoms with Gasteiger partial charge in [0.1, 0.15) is 0 Å². The average molecular weight is 385 g/mol. The number of aryl methyl sites for hydroxylation is 1. The second-order valence-corrected chi connectivity index (χ2v) is 9.22. The average Bonchev–Trinajstić information content (AvgIpc) is 3.08. The Morgan fingerprint density at radius 1 is 1.19 bits per heavy atom. The van der Waals surface area contributed by atoms with Gasteiger partial charge in [-0.05, 0) is 39.5 Å². The Hall–Kier alpha value is -1.68. The number of likely N-dealkylation sites (tertiary alicyclic amines) is 1. The first-order valence-corrected chi connectivity index (χ1v) is 10.8. The van der Waals surface area contributed by atoms with Gasteiger partial charge in [-0.2, -0.15) is 4.98 Å². The first-order chi connectivity index (χ1) is 12.4. The lowest BCUT2D eigenvalue weighted by molar-refractivity contribution is 0.167. The predicted molar refractivity (Wildman–Crippen MR) is 95.2 cm³/mol. The molecule has 10 heteroatoms. The van der Waals surface area contributed by atoms with Crippen LogP contribution >= 0.6 is 0 Å². The van der Waals surface area contributed by atoms with Crippen LogP contribution in [0.15, 0.2) is 4.52 Å². The summed E-state index contributed by atoms with van der Waals surface area (Å²) in [5.74, 6) is 1.63. The Bertz CT molecular complexity index is 719. The largest absolute Gasteiger partial charge is 0.339 e. The number of nitrogens with zero attached hydrogens (tertiary/aromatic N) is 4. The molecular weight excluding hydrogens is 358 g/mol. The molecule has 0 spiro atoms. The van der Waals surface area contributed by atoms with Crippen molar-refractivity contribution in [3.8, 4) is 0 Å². The molecule has 2 aliphatic heterocycles. The molecule has 0 aromatic carbocycles. The second-order valence-electron chi connectivity index (χ2n) is 6.96. The molecule has 0 saturated carbocycles. The van der Waals surface area contributed by atoms with Gasteiger partial charge in [0, 0.05) is 38.1 Å². The monoisotopic (exact) mass is 385 g/mol. The Kier molecular flexibility index (Phi) is 5.81. The Morgan fingerprint density at radius 2 is 1.85 bits per heavy atom. The van der Waals surface area contributed by atoms with Crippen molar-refractivity contribution in [2.45, 2.75) is 51.5 Å². The highest BCUT2D eigenvalue weighted by atomic mass is 32.2. The second kappa shape index (κ2) is 7.91. The molecule has 9 nitrogen and oxygen atoms in total. The van der Waals surface area contributed by atoms with Crippen LogP contribution in [0.2, 0.25) is 0 Å². The van der Waals surface area contributed by atoms with E-state index in [0.29, 0.717) is 50.7 Å². The van der Waals surface area contributed by atoms with Crippen molar-refractivity contribution >= 4 is 16.1 Å². The summed E-state index contributed by atoms with van der Waals surface area (Å²) in [7, 11) is -3.13. The van der Waals surface area contributed by atoms with E-state index in [4.69, 9.17) is 4.52 Å². The van der Waals surface area contributed by atoms with Crippen LogP contribution in [0, 0.1) is 6.92 Å². The molecule has 1 aromatic heterocycles. The van der Waals surface area contributed by atoms with Crippen molar-refractivity contribution < 1.29 is 17.7 Å². The maximum Gasteiger partial charge on any atom is 0.317 e. The highest BCUT2D eigenvalue weighted by Gasteiger charge is 2.30. The van der Waals surface area contributed by atoms with Crippen LogP contribution < -0.4 is 5.32 Å². The van der Waals surface area contributed by atoms with E-state index >= 15 is 0 Å². The van der Waals surface area contributed by atoms with Crippen molar-refractivity contribution in [1.82, 2.24) is 24.7 Å². The summed E-state index contributed by atoms with van der Waals surface area (Å²) in [6, 6.07) is -0.0379. The molecule has 1 aromatic rings. The minimum Gasteiger partial charge on any atom is -0.339 e. The Labute approximate surface area is 154 Å². The molecule has 3 heterocycles. The zero-order valence-electron chi connectivity index (χ0n) is 15.3. The summed E-state index contributed by atoms with van der Waals surface area (Å²) < 4.78 is 30.5. The molecule has 0 atom stereocenters. The van der Waals surface area contributed by atoms with E-state index < -0.39 is 10.0 Å². The summed E-state index contributed by atoms with van der Waals surface area (Å²) in [5.41, 5.74) is 0. The number of piperidine rings is 2. The highest BCUT2D eigenvalue weighted by molar-refractivity contribution is 7.89. The molecule has 2 amide bonds. The van der Waals surface area contributed by atoms with Crippen LogP contribution in [0.4, 0.5) is 4.79 Å². The molecule has 2 fully saturated rings. The minimum atomic E-state index is -3.13. The van der Waals surface area contributed by atoms with E-state index in [1.54, 1.807) is 13.8 Å². The zero-order chi connectivity index (χ0) is 18.7. The van der Waals surface area contributed by atoms with Gasteiger partial charge in [0.05, 0.1) is 5.75 Å². The molecule has 0 unspecified atom stereocenters. The number of hydrogen-bond acceptors (Lipinski definition) is 6. The smallest absolute Gasteiger partial charge is 0.317 e. The van der Waals surface area contributed by atoms with E-state index in [1.807, 2.05) is 4.90 Å². The van der Waals surface area contributed by atoms with E-state index in [1.165, 1.54) is 4.31 Å². The SMILES string of the molecule is CCS(=O)(=O)N1CCC(NC(=O)N2CCC(c3nc(C)no3)CC2)CC1. The van der Waals surface area contributed by atoms with E-state index in [2.05, 4.69) is 15.5 Å². The summed E-state index contributed by atoms with van der Waals surface area (Å²) in [6.45, 7) is 5.70. The fourth-order valence-electron chi connectivity index (χ4n) is 3.54. The molecule has 2 saturated heterocycles. The van der Waals surface area contributed by atoms with Crippen LogP contribution in [0.25, 0.3) is 0 Å². The normalized spacial score (nSPS) is 21.1. The lowest BCUT2D eigenvalue weighted by Gasteiger charge is -2.35. The summed E-state index contributed by atoms with van der Waals surface area (Å²) in [5, 5.41) is 6.88. The molecule has 0 bridgehead atoms. The Balaban J connectivity index is 1.44. The van der Waals surface area contributed by atoms with Gasteiger partial charge in [0.15, 0.2) is 5.82 Å². The topological polar surface area (TPSA) is 109 Å². The number of hydrogen-bond donors (Lipinski definition) is 1. The number of carbonyl (C=O) groups excluding carboxylic acids is 1. The summed E-state index contributed by atoms with van der Waals surface area (Å²) >= 11 is 0. The van der Waals surface area contributed by atoms with Gasteiger partial charge in [0.25, 0.3) is 0 Å².